The van der Waals surface area contributed by atoms with Crippen LogP contribution in [0, 0.1) is 0 Å². The van der Waals surface area contributed by atoms with Gasteiger partial charge in [0.25, 0.3) is 5.91 Å². The standard InChI is InChI=1S/C20H18ClN3O2/c21-15-9-5-4-8-14(15)18-17-16(22-20(26)23-18)12-24(19(17)25)11-10-13-6-2-1-3-7-13/h1-9,18H,10-12H2,(H2,22,23,26). The predicted molar refractivity (Wildman–Crippen MR) is 99.6 cm³/mol. The summed E-state index contributed by atoms with van der Waals surface area (Å²) in [5.74, 6) is -0.0617. The van der Waals surface area contributed by atoms with E-state index in [1.54, 1.807) is 11.0 Å². The summed E-state index contributed by atoms with van der Waals surface area (Å²) >= 11 is 6.30. The van der Waals surface area contributed by atoms with Crippen LogP contribution in [0.15, 0.2) is 65.9 Å². The summed E-state index contributed by atoms with van der Waals surface area (Å²) in [4.78, 5) is 26.8. The third-order valence-electron chi connectivity index (χ3n) is 4.75. The molecule has 6 heteroatoms. The summed E-state index contributed by atoms with van der Waals surface area (Å²) in [5.41, 5.74) is 3.15. The number of urea groups is 1. The molecule has 2 aromatic rings. The molecular weight excluding hydrogens is 350 g/mol. The molecule has 0 radical (unpaired) electrons. The first-order valence-electron chi connectivity index (χ1n) is 8.51. The van der Waals surface area contributed by atoms with E-state index in [9.17, 15) is 9.59 Å². The second kappa shape index (κ2) is 6.84. The van der Waals surface area contributed by atoms with E-state index in [0.29, 0.717) is 29.4 Å². The summed E-state index contributed by atoms with van der Waals surface area (Å²) < 4.78 is 0. The van der Waals surface area contributed by atoms with Crippen LogP contribution in [-0.4, -0.2) is 29.9 Å². The number of halogens is 1. The fourth-order valence-corrected chi connectivity index (χ4v) is 3.70. The second-order valence-electron chi connectivity index (χ2n) is 6.41. The molecule has 2 heterocycles. The fourth-order valence-electron chi connectivity index (χ4n) is 3.46. The Morgan fingerprint density at radius 1 is 1.04 bits per heavy atom. The van der Waals surface area contributed by atoms with E-state index in [2.05, 4.69) is 10.6 Å². The first-order valence-corrected chi connectivity index (χ1v) is 8.89. The van der Waals surface area contributed by atoms with Gasteiger partial charge < -0.3 is 15.5 Å². The van der Waals surface area contributed by atoms with E-state index in [1.165, 1.54) is 5.56 Å². The number of rotatable bonds is 4. The molecule has 3 amide bonds. The quantitative estimate of drug-likeness (QED) is 0.872. The van der Waals surface area contributed by atoms with Crippen LogP contribution in [0.5, 0.6) is 0 Å². The predicted octanol–water partition coefficient (Wildman–Crippen LogP) is 3.03. The summed E-state index contributed by atoms with van der Waals surface area (Å²) in [5, 5.41) is 6.14. The van der Waals surface area contributed by atoms with Gasteiger partial charge in [-0.15, -0.1) is 0 Å². The van der Waals surface area contributed by atoms with Gasteiger partial charge in [-0.3, -0.25) is 4.79 Å². The molecule has 26 heavy (non-hydrogen) atoms. The first-order chi connectivity index (χ1) is 12.6. The van der Waals surface area contributed by atoms with Crippen molar-refractivity contribution in [3.05, 3.63) is 82.0 Å². The largest absolute Gasteiger partial charge is 0.333 e. The number of amides is 3. The molecule has 0 saturated heterocycles. The van der Waals surface area contributed by atoms with Crippen LogP contribution in [0.4, 0.5) is 4.79 Å². The smallest absolute Gasteiger partial charge is 0.319 e. The third kappa shape index (κ3) is 3.06. The molecule has 2 aliphatic heterocycles. The Labute approximate surface area is 156 Å². The van der Waals surface area contributed by atoms with Crippen LogP contribution < -0.4 is 10.6 Å². The lowest BCUT2D eigenvalue weighted by molar-refractivity contribution is -0.125. The number of nitrogens with zero attached hydrogens (tertiary/aromatic N) is 1. The average molecular weight is 368 g/mol. The van der Waals surface area contributed by atoms with E-state index in [4.69, 9.17) is 11.6 Å². The maximum absolute atomic E-state index is 13.0. The SMILES string of the molecule is O=C1NC2=C(C(=O)N(CCc3ccccc3)C2)C(c2ccccc2Cl)N1. The lowest BCUT2D eigenvalue weighted by Crippen LogP contribution is -2.44. The third-order valence-corrected chi connectivity index (χ3v) is 5.09. The number of benzene rings is 2. The summed E-state index contributed by atoms with van der Waals surface area (Å²) in [7, 11) is 0. The van der Waals surface area contributed by atoms with Crippen molar-refractivity contribution >= 4 is 23.5 Å². The topological polar surface area (TPSA) is 61.4 Å². The molecule has 1 unspecified atom stereocenters. The number of carbonyl (C=O) groups excluding carboxylic acids is 2. The molecule has 0 spiro atoms. The molecule has 0 aliphatic carbocycles. The number of hydrogen-bond donors (Lipinski definition) is 2. The van der Waals surface area contributed by atoms with E-state index in [-0.39, 0.29) is 11.9 Å². The minimum absolute atomic E-state index is 0.0617. The highest BCUT2D eigenvalue weighted by Crippen LogP contribution is 2.35. The maximum Gasteiger partial charge on any atom is 0.319 e. The summed E-state index contributed by atoms with van der Waals surface area (Å²) in [6.45, 7) is 1.01. The highest BCUT2D eigenvalue weighted by molar-refractivity contribution is 6.31. The Morgan fingerprint density at radius 2 is 1.77 bits per heavy atom. The van der Waals surface area contributed by atoms with Crippen molar-refractivity contribution in [2.75, 3.05) is 13.1 Å². The van der Waals surface area contributed by atoms with E-state index in [0.717, 1.165) is 12.0 Å². The van der Waals surface area contributed by atoms with Crippen LogP contribution in [-0.2, 0) is 11.2 Å². The molecule has 1 atom stereocenters. The molecule has 2 aliphatic rings. The maximum atomic E-state index is 13.0. The Bertz CT molecular complexity index is 895. The van der Waals surface area contributed by atoms with Gasteiger partial charge in [0.05, 0.1) is 23.9 Å². The molecular formula is C20H18ClN3O2. The van der Waals surface area contributed by atoms with E-state index in [1.807, 2.05) is 48.5 Å². The molecule has 2 N–H and O–H groups in total. The number of carbonyl (C=O) groups is 2. The van der Waals surface area contributed by atoms with Crippen molar-refractivity contribution in [3.63, 3.8) is 0 Å². The second-order valence-corrected chi connectivity index (χ2v) is 6.81. The minimum atomic E-state index is -0.526. The first kappa shape index (κ1) is 16.7. The van der Waals surface area contributed by atoms with Crippen LogP contribution in [0.25, 0.3) is 0 Å². The Morgan fingerprint density at radius 3 is 2.54 bits per heavy atom. The highest BCUT2D eigenvalue weighted by Gasteiger charge is 2.40. The zero-order chi connectivity index (χ0) is 18.1. The van der Waals surface area contributed by atoms with Gasteiger partial charge >= 0.3 is 6.03 Å². The van der Waals surface area contributed by atoms with Crippen molar-refractivity contribution in [2.24, 2.45) is 0 Å². The van der Waals surface area contributed by atoms with E-state index >= 15 is 0 Å². The van der Waals surface area contributed by atoms with Gasteiger partial charge in [-0.05, 0) is 23.6 Å². The summed E-state index contributed by atoms with van der Waals surface area (Å²) in [6.07, 6.45) is 0.769. The number of hydrogen-bond acceptors (Lipinski definition) is 2. The molecule has 2 aromatic carbocycles. The molecule has 0 bridgehead atoms. The van der Waals surface area contributed by atoms with Gasteiger partial charge in [0.15, 0.2) is 0 Å². The van der Waals surface area contributed by atoms with Crippen LogP contribution in [0.3, 0.4) is 0 Å². The van der Waals surface area contributed by atoms with Gasteiger partial charge in [0, 0.05) is 11.6 Å². The fraction of sp³-hybridized carbons (Fsp3) is 0.200. The number of nitrogens with one attached hydrogen (secondary N) is 2. The molecule has 0 saturated carbocycles. The molecule has 4 rings (SSSR count). The van der Waals surface area contributed by atoms with Gasteiger partial charge in [0.1, 0.15) is 0 Å². The lowest BCUT2D eigenvalue weighted by atomic mass is 9.96. The molecule has 0 aromatic heterocycles. The van der Waals surface area contributed by atoms with Crippen LogP contribution in [0.2, 0.25) is 5.02 Å². The van der Waals surface area contributed by atoms with Gasteiger partial charge in [0.2, 0.25) is 0 Å². The Kier molecular flexibility index (Phi) is 4.39. The van der Waals surface area contributed by atoms with Gasteiger partial charge in [-0.25, -0.2) is 4.79 Å². The van der Waals surface area contributed by atoms with Crippen molar-refractivity contribution in [1.29, 1.82) is 0 Å². The van der Waals surface area contributed by atoms with Crippen molar-refractivity contribution in [3.8, 4) is 0 Å². The zero-order valence-electron chi connectivity index (χ0n) is 14.0. The zero-order valence-corrected chi connectivity index (χ0v) is 14.8. The normalized spacial score (nSPS) is 19.3. The summed E-state index contributed by atoms with van der Waals surface area (Å²) in [6, 6.07) is 16.5. The van der Waals surface area contributed by atoms with Crippen LogP contribution in [0.1, 0.15) is 17.2 Å². The van der Waals surface area contributed by atoms with Gasteiger partial charge in [-0.2, -0.15) is 0 Å². The molecule has 132 valence electrons. The average Bonchev–Trinajstić information content (AvgIpc) is 2.96. The molecule has 0 fully saturated rings. The Balaban J connectivity index is 1.57. The minimum Gasteiger partial charge on any atom is -0.333 e. The monoisotopic (exact) mass is 367 g/mol. The molecule has 5 nitrogen and oxygen atoms in total. The van der Waals surface area contributed by atoms with Crippen molar-refractivity contribution in [1.82, 2.24) is 15.5 Å². The Hall–Kier alpha value is -2.79. The lowest BCUT2D eigenvalue weighted by Gasteiger charge is -2.26. The van der Waals surface area contributed by atoms with Crippen molar-refractivity contribution in [2.45, 2.75) is 12.5 Å². The van der Waals surface area contributed by atoms with Crippen molar-refractivity contribution < 1.29 is 9.59 Å². The van der Waals surface area contributed by atoms with Crippen LogP contribution >= 0.6 is 11.6 Å². The van der Waals surface area contributed by atoms with E-state index < -0.39 is 6.04 Å². The highest BCUT2D eigenvalue weighted by atomic mass is 35.5. The van der Waals surface area contributed by atoms with Gasteiger partial charge in [-0.1, -0.05) is 60.1 Å².